The quantitative estimate of drug-likeness (QED) is 0.396. The monoisotopic (exact) mass is 483 g/mol. The van der Waals surface area contributed by atoms with Gasteiger partial charge in [0.25, 0.3) is 0 Å². The van der Waals surface area contributed by atoms with E-state index in [1.807, 2.05) is 0 Å². The fourth-order valence-electron chi connectivity index (χ4n) is 5.95. The number of anilines is 1. The third-order valence-corrected chi connectivity index (χ3v) is 8.54. The summed E-state index contributed by atoms with van der Waals surface area (Å²) in [4.78, 5) is 2.33. The smallest absolute Gasteiger partial charge is 0.0408 e. The molecule has 0 N–H and O–H groups in total. The van der Waals surface area contributed by atoms with E-state index in [4.69, 9.17) is 0 Å². The molecule has 0 fully saturated rings. The van der Waals surface area contributed by atoms with Crippen LogP contribution in [0.25, 0.3) is 6.08 Å². The largest absolute Gasteiger partial charge is 0.345 e. The third-order valence-electron chi connectivity index (χ3n) is 8.54. The molecule has 3 atom stereocenters. The summed E-state index contributed by atoms with van der Waals surface area (Å²) in [5, 5.41) is 0. The zero-order chi connectivity index (χ0) is 25.2. The molecule has 0 bridgehead atoms. The summed E-state index contributed by atoms with van der Waals surface area (Å²) < 4.78 is 0. The molecule has 2 aromatic rings. The van der Waals surface area contributed by atoms with Crippen LogP contribution in [0.3, 0.4) is 0 Å². The molecule has 0 aromatic heterocycles. The van der Waals surface area contributed by atoms with Gasteiger partial charge in [-0.2, -0.15) is 0 Å². The highest BCUT2D eigenvalue weighted by Crippen LogP contribution is 2.35. The average Bonchev–Trinajstić information content (AvgIpc) is 2.93. The van der Waals surface area contributed by atoms with Crippen molar-refractivity contribution < 1.29 is 0 Å². The van der Waals surface area contributed by atoms with E-state index in [1.54, 1.807) is 0 Å². The topological polar surface area (TPSA) is 3.24 Å². The van der Waals surface area contributed by atoms with Crippen molar-refractivity contribution in [1.29, 1.82) is 0 Å². The van der Waals surface area contributed by atoms with Crippen molar-refractivity contribution in [3.05, 3.63) is 142 Å². The van der Waals surface area contributed by atoms with Gasteiger partial charge in [-0.3, -0.25) is 0 Å². The Labute approximate surface area is 222 Å². The molecule has 4 aliphatic rings. The first-order chi connectivity index (χ1) is 18.1. The van der Waals surface area contributed by atoms with Crippen LogP contribution in [0.2, 0.25) is 0 Å². The first-order valence-electron chi connectivity index (χ1n) is 13.9. The Balaban J connectivity index is 1.10. The minimum atomic E-state index is 0.494. The van der Waals surface area contributed by atoms with Crippen LogP contribution in [0.5, 0.6) is 0 Å². The number of likely N-dealkylation sites (N-methyl/N-ethyl adjacent to an activating group) is 1. The lowest BCUT2D eigenvalue weighted by atomic mass is 9.79. The van der Waals surface area contributed by atoms with Crippen LogP contribution in [0.1, 0.15) is 54.4 Å². The third kappa shape index (κ3) is 5.27. The molecule has 2 aromatic carbocycles. The minimum Gasteiger partial charge on any atom is -0.345 e. The maximum Gasteiger partial charge on any atom is 0.0408 e. The van der Waals surface area contributed by atoms with Gasteiger partial charge in [-0.25, -0.2) is 0 Å². The Hall–Kier alpha value is -3.58. The molecule has 4 aliphatic carbocycles. The van der Waals surface area contributed by atoms with Crippen molar-refractivity contribution in [3.63, 3.8) is 0 Å². The van der Waals surface area contributed by atoms with Crippen LogP contribution in [-0.4, -0.2) is 7.05 Å². The molecule has 0 saturated heterocycles. The lowest BCUT2D eigenvalue weighted by molar-refractivity contribution is 0.468. The van der Waals surface area contributed by atoms with Gasteiger partial charge in [-0.05, 0) is 96.9 Å². The Kier molecular flexibility index (Phi) is 6.70. The predicted molar refractivity (Wildman–Crippen MR) is 159 cm³/mol. The van der Waals surface area contributed by atoms with Crippen molar-refractivity contribution >= 4 is 11.8 Å². The second kappa shape index (κ2) is 10.4. The summed E-state index contributed by atoms with van der Waals surface area (Å²) in [5.74, 6) is 1.55. The fourth-order valence-corrected chi connectivity index (χ4v) is 5.95. The zero-order valence-corrected chi connectivity index (χ0v) is 22.1. The summed E-state index contributed by atoms with van der Waals surface area (Å²) in [6.07, 6.45) is 31.4. The number of allylic oxidation sites excluding steroid dienone is 12. The average molecular weight is 484 g/mol. The van der Waals surface area contributed by atoms with Crippen molar-refractivity contribution in [2.45, 2.75) is 44.9 Å². The highest BCUT2D eigenvalue weighted by atomic mass is 15.1. The number of nitrogens with zero attached hydrogens (tertiary/aromatic N) is 1. The van der Waals surface area contributed by atoms with Gasteiger partial charge in [0.15, 0.2) is 0 Å². The summed E-state index contributed by atoms with van der Waals surface area (Å²) >= 11 is 0. The molecule has 186 valence electrons. The van der Waals surface area contributed by atoms with Crippen LogP contribution < -0.4 is 4.90 Å². The molecule has 1 heteroatoms. The Bertz CT molecular complexity index is 1370. The summed E-state index contributed by atoms with van der Waals surface area (Å²) in [5.41, 5.74) is 11.1. The van der Waals surface area contributed by atoms with Gasteiger partial charge in [-0.15, -0.1) is 0 Å². The minimum absolute atomic E-state index is 0.494. The second-order valence-corrected chi connectivity index (χ2v) is 11.0. The van der Waals surface area contributed by atoms with E-state index in [2.05, 4.69) is 128 Å². The Morgan fingerprint density at radius 3 is 2.49 bits per heavy atom. The van der Waals surface area contributed by atoms with Crippen molar-refractivity contribution in [2.24, 2.45) is 11.8 Å². The van der Waals surface area contributed by atoms with Crippen molar-refractivity contribution in [3.8, 4) is 0 Å². The second-order valence-electron chi connectivity index (χ2n) is 11.0. The zero-order valence-electron chi connectivity index (χ0n) is 22.1. The summed E-state index contributed by atoms with van der Waals surface area (Å²) in [6, 6.07) is 16.1. The van der Waals surface area contributed by atoms with Crippen molar-refractivity contribution in [2.75, 3.05) is 11.9 Å². The van der Waals surface area contributed by atoms with Crippen LogP contribution in [0, 0.1) is 11.8 Å². The maximum atomic E-state index is 2.49. The van der Waals surface area contributed by atoms with E-state index >= 15 is 0 Å². The van der Waals surface area contributed by atoms with Crippen LogP contribution in [0.4, 0.5) is 5.69 Å². The van der Waals surface area contributed by atoms with Gasteiger partial charge in [0.05, 0.1) is 0 Å². The van der Waals surface area contributed by atoms with Crippen LogP contribution in [-0.2, 0) is 12.8 Å². The number of hydrogen-bond donors (Lipinski definition) is 0. The van der Waals surface area contributed by atoms with E-state index in [0.29, 0.717) is 17.8 Å². The molecule has 6 rings (SSSR count). The molecule has 0 spiro atoms. The summed E-state index contributed by atoms with van der Waals surface area (Å²) in [6.45, 7) is 2.18. The number of aryl methyl sites for hydroxylation is 2. The van der Waals surface area contributed by atoms with Gasteiger partial charge in [-0.1, -0.05) is 96.7 Å². The number of rotatable bonds is 6. The van der Waals surface area contributed by atoms with Gasteiger partial charge in [0.2, 0.25) is 0 Å². The van der Waals surface area contributed by atoms with Gasteiger partial charge in [0, 0.05) is 24.4 Å². The first-order valence-corrected chi connectivity index (χ1v) is 13.9. The van der Waals surface area contributed by atoms with Crippen LogP contribution >= 0.6 is 0 Å². The molecule has 0 aliphatic heterocycles. The highest BCUT2D eigenvalue weighted by molar-refractivity contribution is 5.58. The molecule has 0 radical (unpaired) electrons. The SMILES string of the molecule is CC1=CCC(c2ccc(N(C)C3=CC(C4C=CC=C(/C=C/c5ccc6c(c5)CC6)C4)CC=C3)cc2)C=C1. The highest BCUT2D eigenvalue weighted by Gasteiger charge is 2.22. The van der Waals surface area contributed by atoms with Crippen LogP contribution in [0.15, 0.2) is 120 Å². The fraction of sp³-hybridized carbons (Fsp3) is 0.278. The van der Waals surface area contributed by atoms with Gasteiger partial charge in [0.1, 0.15) is 0 Å². The first kappa shape index (κ1) is 23.8. The number of hydrogen-bond acceptors (Lipinski definition) is 1. The van der Waals surface area contributed by atoms with Gasteiger partial charge < -0.3 is 4.90 Å². The normalized spacial score (nSPS) is 24.3. The van der Waals surface area contributed by atoms with E-state index < -0.39 is 0 Å². The van der Waals surface area contributed by atoms with Gasteiger partial charge >= 0.3 is 0 Å². The van der Waals surface area contributed by atoms with E-state index in [-0.39, 0.29) is 0 Å². The lowest BCUT2D eigenvalue weighted by Crippen LogP contribution is -2.21. The molecule has 3 unspecified atom stereocenters. The van der Waals surface area contributed by atoms with E-state index in [0.717, 1.165) is 19.3 Å². The standard InChI is InChI=1S/C36H37N/c1-26-9-14-29(15-10-26)30-19-21-35(22-20-30)37(2)36-8-4-7-33(25-36)32-6-3-5-27(23-32)11-12-28-13-16-31-17-18-34(31)24-28/h3-6,8-14,16,19-22,24-25,29,32-33H,7,15,17-18,23H2,1-2H3/b12-11+. The molecule has 0 heterocycles. The van der Waals surface area contributed by atoms with E-state index in [9.17, 15) is 0 Å². The van der Waals surface area contributed by atoms with Crippen molar-refractivity contribution in [1.82, 2.24) is 0 Å². The molecular weight excluding hydrogens is 446 g/mol. The molecule has 1 nitrogen and oxygen atoms in total. The molecule has 0 amide bonds. The predicted octanol–water partition coefficient (Wildman–Crippen LogP) is 8.89. The lowest BCUT2D eigenvalue weighted by Gasteiger charge is -2.30. The number of benzene rings is 2. The summed E-state index contributed by atoms with van der Waals surface area (Å²) in [7, 11) is 2.19. The molecule has 37 heavy (non-hydrogen) atoms. The number of fused-ring (bicyclic) bond motifs is 1. The Morgan fingerprint density at radius 2 is 1.73 bits per heavy atom. The molecular formula is C36H37N. The maximum absolute atomic E-state index is 2.49. The van der Waals surface area contributed by atoms with E-state index in [1.165, 1.54) is 57.6 Å². The molecule has 0 saturated carbocycles. The Morgan fingerprint density at radius 1 is 0.865 bits per heavy atom.